The summed E-state index contributed by atoms with van der Waals surface area (Å²) >= 11 is 0. The van der Waals surface area contributed by atoms with E-state index in [4.69, 9.17) is 4.74 Å². The van der Waals surface area contributed by atoms with Gasteiger partial charge in [-0.2, -0.15) is 0 Å². The molecule has 1 fully saturated rings. The molecule has 2 N–H and O–H groups in total. The van der Waals surface area contributed by atoms with Crippen LogP contribution in [0.25, 0.3) is 11.0 Å². The lowest BCUT2D eigenvalue weighted by Gasteiger charge is -2.23. The molecule has 28 heavy (non-hydrogen) atoms. The molecule has 6 nitrogen and oxygen atoms in total. The predicted octanol–water partition coefficient (Wildman–Crippen LogP) is 1.62. The minimum atomic E-state index is 0.871. The van der Waals surface area contributed by atoms with Gasteiger partial charge in [-0.05, 0) is 31.4 Å². The number of rotatable bonds is 7. The molecule has 0 atom stereocenters. The normalized spacial score (nSPS) is 15.2. The van der Waals surface area contributed by atoms with Gasteiger partial charge in [0.2, 0.25) is 0 Å². The molecule has 0 spiro atoms. The SMILES string of the molecule is Cc1c(C)n(CCc2ccccc2)c2ncnc(NCC[NH+]3CCOCC3)c12. The number of benzene rings is 1. The summed E-state index contributed by atoms with van der Waals surface area (Å²) in [6.07, 6.45) is 2.68. The molecule has 0 amide bonds. The molecule has 4 rings (SSSR count). The highest BCUT2D eigenvalue weighted by Crippen LogP contribution is 2.28. The number of ether oxygens (including phenoxy) is 1. The predicted molar refractivity (Wildman–Crippen MR) is 112 cm³/mol. The van der Waals surface area contributed by atoms with E-state index in [1.54, 1.807) is 11.2 Å². The number of quaternary nitrogens is 1. The Kier molecular flexibility index (Phi) is 5.88. The van der Waals surface area contributed by atoms with E-state index in [0.29, 0.717) is 0 Å². The molecule has 1 saturated heterocycles. The molecule has 0 unspecified atom stereocenters. The van der Waals surface area contributed by atoms with Gasteiger partial charge in [0.25, 0.3) is 0 Å². The van der Waals surface area contributed by atoms with E-state index in [9.17, 15) is 0 Å². The van der Waals surface area contributed by atoms with Crippen LogP contribution in [0.5, 0.6) is 0 Å². The zero-order valence-corrected chi connectivity index (χ0v) is 16.9. The maximum absolute atomic E-state index is 5.44. The molecule has 6 heteroatoms. The minimum absolute atomic E-state index is 0.871. The second kappa shape index (κ2) is 8.71. The van der Waals surface area contributed by atoms with Crippen molar-refractivity contribution in [3.05, 3.63) is 53.5 Å². The largest absolute Gasteiger partial charge is 0.370 e. The van der Waals surface area contributed by atoms with Crippen molar-refractivity contribution in [2.24, 2.45) is 0 Å². The third-order valence-corrected chi connectivity index (χ3v) is 5.84. The molecule has 1 aliphatic heterocycles. The minimum Gasteiger partial charge on any atom is -0.370 e. The van der Waals surface area contributed by atoms with Gasteiger partial charge in [-0.25, -0.2) is 9.97 Å². The molecule has 0 radical (unpaired) electrons. The molecule has 0 bridgehead atoms. The van der Waals surface area contributed by atoms with Gasteiger partial charge in [-0.3, -0.25) is 0 Å². The molecule has 148 valence electrons. The number of aromatic nitrogens is 3. The van der Waals surface area contributed by atoms with Crippen LogP contribution < -0.4 is 10.2 Å². The number of anilines is 1. The van der Waals surface area contributed by atoms with Crippen LogP contribution in [0.4, 0.5) is 5.82 Å². The Morgan fingerprint density at radius 2 is 1.89 bits per heavy atom. The number of hydrogen-bond donors (Lipinski definition) is 2. The van der Waals surface area contributed by atoms with Crippen molar-refractivity contribution in [3.63, 3.8) is 0 Å². The third-order valence-electron chi connectivity index (χ3n) is 5.84. The van der Waals surface area contributed by atoms with Gasteiger partial charge in [0.1, 0.15) is 30.9 Å². The van der Waals surface area contributed by atoms with Crippen molar-refractivity contribution in [1.82, 2.24) is 14.5 Å². The first kappa shape index (κ1) is 18.9. The van der Waals surface area contributed by atoms with E-state index in [0.717, 1.165) is 69.2 Å². The van der Waals surface area contributed by atoms with Crippen molar-refractivity contribution in [2.75, 3.05) is 44.7 Å². The topological polar surface area (TPSA) is 56.4 Å². The number of morpholine rings is 1. The summed E-state index contributed by atoms with van der Waals surface area (Å²) in [6.45, 7) is 11.2. The summed E-state index contributed by atoms with van der Waals surface area (Å²) in [5.41, 5.74) is 4.92. The molecule has 1 aromatic carbocycles. The quantitative estimate of drug-likeness (QED) is 0.654. The number of nitrogens with one attached hydrogen (secondary N) is 2. The van der Waals surface area contributed by atoms with E-state index >= 15 is 0 Å². The summed E-state index contributed by atoms with van der Waals surface area (Å²) < 4.78 is 7.78. The molecule has 2 aromatic heterocycles. The Balaban J connectivity index is 1.50. The van der Waals surface area contributed by atoms with E-state index < -0.39 is 0 Å². The Morgan fingerprint density at radius 1 is 1.11 bits per heavy atom. The van der Waals surface area contributed by atoms with Gasteiger partial charge in [0.15, 0.2) is 0 Å². The Labute approximate surface area is 166 Å². The van der Waals surface area contributed by atoms with Gasteiger partial charge >= 0.3 is 0 Å². The summed E-state index contributed by atoms with van der Waals surface area (Å²) in [5.74, 6) is 0.955. The van der Waals surface area contributed by atoms with Crippen LogP contribution in [-0.4, -0.2) is 53.9 Å². The first-order valence-corrected chi connectivity index (χ1v) is 10.2. The maximum Gasteiger partial charge on any atom is 0.145 e. The van der Waals surface area contributed by atoms with E-state index in [-0.39, 0.29) is 0 Å². The van der Waals surface area contributed by atoms with Crippen LogP contribution in [0.1, 0.15) is 16.8 Å². The van der Waals surface area contributed by atoms with Crippen LogP contribution in [0.15, 0.2) is 36.7 Å². The number of fused-ring (bicyclic) bond motifs is 1. The Hall–Kier alpha value is -2.44. The van der Waals surface area contributed by atoms with Crippen LogP contribution in [0.3, 0.4) is 0 Å². The summed E-state index contributed by atoms with van der Waals surface area (Å²) in [6, 6.07) is 10.6. The van der Waals surface area contributed by atoms with Crippen LogP contribution in [0, 0.1) is 13.8 Å². The first-order valence-electron chi connectivity index (χ1n) is 10.2. The van der Waals surface area contributed by atoms with Gasteiger partial charge in [0, 0.05) is 12.2 Å². The fourth-order valence-electron chi connectivity index (χ4n) is 4.03. The molecule has 3 aromatic rings. The summed E-state index contributed by atoms with van der Waals surface area (Å²) in [7, 11) is 0. The highest BCUT2D eigenvalue weighted by Gasteiger charge is 2.17. The monoisotopic (exact) mass is 380 g/mol. The van der Waals surface area contributed by atoms with Crippen LogP contribution in [0.2, 0.25) is 0 Å². The smallest absolute Gasteiger partial charge is 0.145 e. The lowest BCUT2D eigenvalue weighted by molar-refractivity contribution is -0.906. The Bertz CT molecular complexity index is 916. The van der Waals surface area contributed by atoms with E-state index in [2.05, 4.69) is 64.0 Å². The lowest BCUT2D eigenvalue weighted by atomic mass is 10.1. The lowest BCUT2D eigenvalue weighted by Crippen LogP contribution is -3.14. The van der Waals surface area contributed by atoms with Crippen molar-refractivity contribution >= 4 is 16.9 Å². The van der Waals surface area contributed by atoms with Crippen molar-refractivity contribution in [3.8, 4) is 0 Å². The number of aryl methyl sites for hydroxylation is 3. The van der Waals surface area contributed by atoms with Crippen LogP contribution >= 0.6 is 0 Å². The molecule has 0 saturated carbocycles. The average molecular weight is 381 g/mol. The van der Waals surface area contributed by atoms with E-state index in [1.165, 1.54) is 16.8 Å². The fraction of sp³-hybridized carbons (Fsp3) is 0.455. The highest BCUT2D eigenvalue weighted by molar-refractivity contribution is 5.91. The zero-order valence-electron chi connectivity index (χ0n) is 16.9. The number of hydrogen-bond acceptors (Lipinski definition) is 4. The molecular weight excluding hydrogens is 350 g/mol. The Morgan fingerprint density at radius 3 is 2.68 bits per heavy atom. The summed E-state index contributed by atoms with van der Waals surface area (Å²) in [4.78, 5) is 10.8. The van der Waals surface area contributed by atoms with Gasteiger partial charge in [-0.1, -0.05) is 30.3 Å². The summed E-state index contributed by atoms with van der Waals surface area (Å²) in [5, 5.41) is 4.72. The average Bonchev–Trinajstić information content (AvgIpc) is 2.99. The van der Waals surface area contributed by atoms with Crippen molar-refractivity contribution < 1.29 is 9.64 Å². The second-order valence-corrected chi connectivity index (χ2v) is 7.56. The highest BCUT2D eigenvalue weighted by atomic mass is 16.5. The fourth-order valence-corrected chi connectivity index (χ4v) is 4.03. The molecule has 0 aliphatic carbocycles. The van der Waals surface area contributed by atoms with Gasteiger partial charge in [-0.15, -0.1) is 0 Å². The number of nitrogens with zero attached hydrogens (tertiary/aromatic N) is 3. The van der Waals surface area contributed by atoms with Crippen molar-refractivity contribution in [1.29, 1.82) is 0 Å². The molecule has 1 aliphatic rings. The zero-order chi connectivity index (χ0) is 19.3. The maximum atomic E-state index is 5.44. The third kappa shape index (κ3) is 4.03. The van der Waals surface area contributed by atoms with Crippen LogP contribution in [-0.2, 0) is 17.7 Å². The van der Waals surface area contributed by atoms with Gasteiger partial charge in [0.05, 0.1) is 31.7 Å². The molecule has 3 heterocycles. The first-order chi connectivity index (χ1) is 13.7. The second-order valence-electron chi connectivity index (χ2n) is 7.56. The van der Waals surface area contributed by atoms with Gasteiger partial charge < -0.3 is 19.5 Å². The molecular formula is C22H30N5O+. The van der Waals surface area contributed by atoms with Crippen molar-refractivity contribution in [2.45, 2.75) is 26.8 Å². The standard InChI is InChI=1S/C22H29N5O/c1-17-18(2)27(10-8-19-6-4-3-5-7-19)22-20(17)21(24-16-25-22)23-9-11-26-12-14-28-15-13-26/h3-7,16H,8-15H2,1-2H3,(H,23,24,25)/p+1. The van der Waals surface area contributed by atoms with E-state index in [1.807, 2.05) is 0 Å².